The van der Waals surface area contributed by atoms with E-state index in [1.165, 1.54) is 7.11 Å². The van der Waals surface area contributed by atoms with Crippen molar-refractivity contribution in [2.24, 2.45) is 0 Å². The fraction of sp³-hybridized carbons (Fsp3) is 0.320. The third-order valence-corrected chi connectivity index (χ3v) is 5.37. The molecule has 0 radical (unpaired) electrons. The molecule has 0 aliphatic heterocycles. The molecule has 0 aliphatic rings. The van der Waals surface area contributed by atoms with Crippen LogP contribution in [-0.4, -0.2) is 34.2 Å². The average Bonchev–Trinajstić information content (AvgIpc) is 3.17. The van der Waals surface area contributed by atoms with Crippen LogP contribution in [0.1, 0.15) is 42.5 Å². The number of benzene rings is 2. The number of pyridine rings is 1. The number of aromatic nitrogens is 3. The normalized spacial score (nSPS) is 11.9. The van der Waals surface area contributed by atoms with Crippen LogP contribution in [0, 0.1) is 0 Å². The molecule has 2 aromatic carbocycles. The van der Waals surface area contributed by atoms with Crippen LogP contribution in [0.3, 0.4) is 0 Å². The van der Waals surface area contributed by atoms with E-state index in [4.69, 9.17) is 20.2 Å². The van der Waals surface area contributed by atoms with E-state index in [2.05, 4.69) is 30.3 Å². The largest absolute Gasteiger partial charge is 0.465 e. The van der Waals surface area contributed by atoms with Crippen molar-refractivity contribution in [2.45, 2.75) is 39.3 Å². The van der Waals surface area contributed by atoms with Crippen LogP contribution in [0.2, 0.25) is 0 Å². The molecule has 7 heteroatoms. The van der Waals surface area contributed by atoms with Crippen LogP contribution in [0.5, 0.6) is 0 Å². The first-order chi connectivity index (χ1) is 15.3. The Kier molecular flexibility index (Phi) is 5.84. The second-order valence-corrected chi connectivity index (χ2v) is 8.79. The lowest BCUT2D eigenvalue weighted by Gasteiger charge is -2.20. The van der Waals surface area contributed by atoms with Crippen molar-refractivity contribution in [1.82, 2.24) is 14.5 Å². The van der Waals surface area contributed by atoms with E-state index in [0.717, 1.165) is 22.3 Å². The molecule has 0 amide bonds. The van der Waals surface area contributed by atoms with Gasteiger partial charge in [0, 0.05) is 17.3 Å². The number of imidazole rings is 1. The second-order valence-electron chi connectivity index (χ2n) is 8.79. The van der Waals surface area contributed by atoms with E-state index < -0.39 is 5.97 Å². The second kappa shape index (κ2) is 8.59. The van der Waals surface area contributed by atoms with Gasteiger partial charge in [0.05, 0.1) is 36.9 Å². The Bertz CT molecular complexity index is 1270. The summed E-state index contributed by atoms with van der Waals surface area (Å²) in [5, 5.41) is 0.882. The Labute approximate surface area is 187 Å². The lowest BCUT2D eigenvalue weighted by atomic mass is 9.95. The van der Waals surface area contributed by atoms with E-state index >= 15 is 0 Å². The van der Waals surface area contributed by atoms with Gasteiger partial charge >= 0.3 is 5.97 Å². The molecule has 4 rings (SSSR count). The molecule has 0 saturated carbocycles. The van der Waals surface area contributed by atoms with Gasteiger partial charge in [0.25, 0.3) is 0 Å². The lowest BCUT2D eigenvalue weighted by Crippen LogP contribution is -2.20. The predicted octanol–water partition coefficient (Wildman–Crippen LogP) is 4.47. The van der Waals surface area contributed by atoms with E-state index in [9.17, 15) is 4.79 Å². The fourth-order valence-corrected chi connectivity index (χ4v) is 3.87. The number of methoxy groups -OCH3 is 1. The van der Waals surface area contributed by atoms with Crippen LogP contribution >= 0.6 is 0 Å². The van der Waals surface area contributed by atoms with Gasteiger partial charge in [-0.25, -0.2) is 14.8 Å². The molecule has 0 bridgehead atoms. The number of fused-ring (bicyclic) bond motifs is 3. The van der Waals surface area contributed by atoms with Crippen molar-refractivity contribution >= 4 is 33.7 Å². The summed E-state index contributed by atoms with van der Waals surface area (Å²) >= 11 is 0. The van der Waals surface area contributed by atoms with Gasteiger partial charge < -0.3 is 19.8 Å². The number of nitrogen functional groups attached to an aromatic ring is 1. The molecule has 0 spiro atoms. The highest BCUT2D eigenvalue weighted by molar-refractivity contribution is 6.08. The van der Waals surface area contributed by atoms with Gasteiger partial charge in [-0.1, -0.05) is 51.1 Å². The SMILES string of the molecule is COC(=O)c1ccc2c(c1)nc(N)c1nc(C(C)(C)C)n(CCOCc3ccccc3)c12. The summed E-state index contributed by atoms with van der Waals surface area (Å²) in [6, 6.07) is 15.4. The maximum Gasteiger partial charge on any atom is 0.337 e. The summed E-state index contributed by atoms with van der Waals surface area (Å²) in [5.41, 5.74) is 9.85. The number of rotatable bonds is 6. The van der Waals surface area contributed by atoms with Crippen LogP contribution < -0.4 is 5.73 Å². The van der Waals surface area contributed by atoms with Crippen molar-refractivity contribution in [1.29, 1.82) is 0 Å². The minimum Gasteiger partial charge on any atom is -0.465 e. The Hall–Kier alpha value is -3.45. The Balaban J connectivity index is 1.76. The monoisotopic (exact) mass is 432 g/mol. The highest BCUT2D eigenvalue weighted by Crippen LogP contribution is 2.33. The molecule has 0 unspecified atom stereocenters. The van der Waals surface area contributed by atoms with Gasteiger partial charge in [-0.05, 0) is 23.8 Å². The number of carbonyl (C=O) groups is 1. The maximum atomic E-state index is 12.0. The topological polar surface area (TPSA) is 92.3 Å². The van der Waals surface area contributed by atoms with E-state index in [1.54, 1.807) is 12.1 Å². The highest BCUT2D eigenvalue weighted by atomic mass is 16.5. The highest BCUT2D eigenvalue weighted by Gasteiger charge is 2.25. The first-order valence-corrected chi connectivity index (χ1v) is 10.6. The van der Waals surface area contributed by atoms with Crippen LogP contribution in [0.15, 0.2) is 48.5 Å². The van der Waals surface area contributed by atoms with Crippen LogP contribution in [0.25, 0.3) is 21.9 Å². The number of carbonyl (C=O) groups excluding carboxylic acids is 1. The lowest BCUT2D eigenvalue weighted by molar-refractivity contribution is 0.0601. The molecule has 2 N–H and O–H groups in total. The van der Waals surface area contributed by atoms with Gasteiger partial charge in [0.15, 0.2) is 5.82 Å². The van der Waals surface area contributed by atoms with E-state index in [-0.39, 0.29) is 5.41 Å². The van der Waals surface area contributed by atoms with Gasteiger partial charge in [-0.3, -0.25) is 0 Å². The molecule has 4 aromatic rings. The zero-order valence-corrected chi connectivity index (χ0v) is 18.9. The van der Waals surface area contributed by atoms with Gasteiger partial charge in [-0.15, -0.1) is 0 Å². The Morgan fingerprint density at radius 1 is 1.09 bits per heavy atom. The summed E-state index contributed by atoms with van der Waals surface area (Å²) in [7, 11) is 1.36. The van der Waals surface area contributed by atoms with E-state index in [1.807, 2.05) is 36.4 Å². The standard InChI is InChI=1S/C25H28N4O3/c1-25(2,3)24-28-20-21(29(24)12-13-32-15-16-8-6-5-7-9-16)18-11-10-17(23(30)31-4)14-19(18)27-22(20)26/h5-11,14H,12-13,15H2,1-4H3,(H2,26,27). The number of nitrogens with two attached hydrogens (primary N) is 1. The predicted molar refractivity (Wildman–Crippen MR) is 126 cm³/mol. The molecule has 0 fully saturated rings. The molecule has 0 aliphatic carbocycles. The van der Waals surface area contributed by atoms with Gasteiger partial charge in [-0.2, -0.15) is 0 Å². The number of hydrogen-bond acceptors (Lipinski definition) is 6. The fourth-order valence-electron chi connectivity index (χ4n) is 3.87. The number of esters is 1. The molecule has 32 heavy (non-hydrogen) atoms. The molecule has 166 valence electrons. The molecule has 2 heterocycles. The summed E-state index contributed by atoms with van der Waals surface area (Å²) in [5.74, 6) is 0.836. The zero-order chi connectivity index (χ0) is 22.9. The first kappa shape index (κ1) is 21.8. The molecule has 2 aromatic heterocycles. The third kappa shape index (κ3) is 4.16. The van der Waals surface area contributed by atoms with E-state index in [0.29, 0.717) is 42.2 Å². The van der Waals surface area contributed by atoms with Crippen molar-refractivity contribution in [3.05, 3.63) is 65.5 Å². The molecule has 0 atom stereocenters. The molecule has 7 nitrogen and oxygen atoms in total. The minimum absolute atomic E-state index is 0.205. The summed E-state index contributed by atoms with van der Waals surface area (Å²) in [6.45, 7) is 8.05. The minimum atomic E-state index is -0.412. The molecular formula is C25H28N4O3. The number of anilines is 1. The molecular weight excluding hydrogens is 404 g/mol. The van der Waals surface area contributed by atoms with Gasteiger partial charge in [0.1, 0.15) is 11.3 Å². The summed E-state index contributed by atoms with van der Waals surface area (Å²) < 4.78 is 13.0. The Morgan fingerprint density at radius 3 is 2.53 bits per heavy atom. The average molecular weight is 433 g/mol. The zero-order valence-electron chi connectivity index (χ0n) is 18.9. The number of nitrogens with zero attached hydrogens (tertiary/aromatic N) is 3. The third-order valence-electron chi connectivity index (χ3n) is 5.37. The van der Waals surface area contributed by atoms with Crippen LogP contribution in [-0.2, 0) is 28.0 Å². The van der Waals surface area contributed by atoms with Crippen LogP contribution in [0.4, 0.5) is 5.82 Å². The van der Waals surface area contributed by atoms with Crippen molar-refractivity contribution in [2.75, 3.05) is 19.5 Å². The smallest absolute Gasteiger partial charge is 0.337 e. The maximum absolute atomic E-state index is 12.0. The first-order valence-electron chi connectivity index (χ1n) is 10.6. The molecule has 0 saturated heterocycles. The number of ether oxygens (including phenoxy) is 2. The quantitative estimate of drug-likeness (QED) is 0.357. The summed E-state index contributed by atoms with van der Waals surface area (Å²) in [6.07, 6.45) is 0. The van der Waals surface area contributed by atoms with Crippen molar-refractivity contribution in [3.8, 4) is 0 Å². The van der Waals surface area contributed by atoms with Crippen molar-refractivity contribution < 1.29 is 14.3 Å². The van der Waals surface area contributed by atoms with Crippen molar-refractivity contribution in [3.63, 3.8) is 0 Å². The summed E-state index contributed by atoms with van der Waals surface area (Å²) in [4.78, 5) is 21.4. The Morgan fingerprint density at radius 2 is 1.84 bits per heavy atom. The number of hydrogen-bond donors (Lipinski definition) is 1. The van der Waals surface area contributed by atoms with Gasteiger partial charge in [0.2, 0.25) is 0 Å².